The second kappa shape index (κ2) is 9.55. The van der Waals surface area contributed by atoms with Gasteiger partial charge in [0.15, 0.2) is 16.7 Å². The molecule has 1 aromatic rings. The number of ether oxygens (including phenoxy) is 3. The van der Waals surface area contributed by atoms with E-state index < -0.39 is 12.0 Å². The van der Waals surface area contributed by atoms with Gasteiger partial charge in [-0.25, -0.2) is 9.79 Å². The topological polar surface area (TPSA) is 77.4 Å². The Morgan fingerprint density at radius 1 is 1.33 bits per heavy atom. The van der Waals surface area contributed by atoms with Gasteiger partial charge in [0.25, 0.3) is 0 Å². The number of methoxy groups -OCH3 is 1. The fraction of sp³-hybridized carbons (Fsp3) is 0.500. The minimum absolute atomic E-state index is 0.0640. The van der Waals surface area contributed by atoms with Crippen molar-refractivity contribution in [2.45, 2.75) is 40.2 Å². The maximum Gasteiger partial charge on any atom is 0.338 e. The van der Waals surface area contributed by atoms with E-state index in [2.05, 4.69) is 18.8 Å². The largest absolute Gasteiger partial charge is 0.493 e. The average molecular weight is 433 g/mol. The molecule has 0 aliphatic carbocycles. The molecule has 0 saturated carbocycles. The number of hydrogen-bond acceptors (Lipinski definition) is 7. The summed E-state index contributed by atoms with van der Waals surface area (Å²) in [6.07, 6.45) is 0.391. The molecule has 1 fully saturated rings. The molecule has 0 N–H and O–H groups in total. The summed E-state index contributed by atoms with van der Waals surface area (Å²) in [5.74, 6) is 1.69. The number of esters is 1. The molecule has 7 nitrogen and oxygen atoms in total. The van der Waals surface area contributed by atoms with E-state index in [0.717, 1.165) is 5.56 Å². The number of rotatable bonds is 7. The average Bonchev–Trinajstić information content (AvgIpc) is 2.71. The lowest BCUT2D eigenvalue weighted by molar-refractivity contribution is -0.139. The first kappa shape index (κ1) is 22.2. The number of carbonyl (C=O) groups is 2. The Labute approximate surface area is 181 Å². The molecule has 2 aliphatic heterocycles. The third kappa shape index (κ3) is 4.48. The molecule has 3 rings (SSSR count). The van der Waals surface area contributed by atoms with Gasteiger partial charge in [-0.2, -0.15) is 0 Å². The van der Waals surface area contributed by atoms with Crippen molar-refractivity contribution in [3.63, 3.8) is 0 Å². The number of aliphatic imine (C=N–C) groups is 1. The number of amides is 1. The Hall–Kier alpha value is -2.48. The van der Waals surface area contributed by atoms with Gasteiger partial charge in [-0.05, 0) is 37.5 Å². The monoisotopic (exact) mass is 432 g/mol. The predicted octanol–water partition coefficient (Wildman–Crippen LogP) is 3.94. The standard InChI is InChI=1S/C22H28N2O5S/c1-6-28-21(26)19-14(4)23-22-24(18(25)9-10-30-22)20(19)15-7-8-16(17(11-15)27-5)29-12-13(2)3/h7-8,11,13,20H,6,9-10,12H2,1-5H3. The number of carbonyl (C=O) groups excluding carboxylic acids is 2. The summed E-state index contributed by atoms with van der Waals surface area (Å²) < 4.78 is 16.7. The van der Waals surface area contributed by atoms with Crippen molar-refractivity contribution < 1.29 is 23.8 Å². The summed E-state index contributed by atoms with van der Waals surface area (Å²) in [5.41, 5.74) is 1.68. The van der Waals surface area contributed by atoms with Crippen LogP contribution in [0, 0.1) is 5.92 Å². The van der Waals surface area contributed by atoms with Crippen LogP contribution in [-0.2, 0) is 14.3 Å². The number of thioether (sulfide) groups is 1. The molecule has 0 aromatic heterocycles. The van der Waals surface area contributed by atoms with Crippen molar-refractivity contribution >= 4 is 28.8 Å². The van der Waals surface area contributed by atoms with E-state index in [0.29, 0.717) is 52.6 Å². The lowest BCUT2D eigenvalue weighted by Gasteiger charge is -2.39. The maximum atomic E-state index is 12.8. The molecule has 162 valence electrons. The van der Waals surface area contributed by atoms with Crippen molar-refractivity contribution in [2.24, 2.45) is 10.9 Å². The highest BCUT2D eigenvalue weighted by atomic mass is 32.2. The van der Waals surface area contributed by atoms with Crippen LogP contribution in [-0.4, -0.2) is 48.0 Å². The molecule has 1 unspecified atom stereocenters. The van der Waals surface area contributed by atoms with Crippen molar-refractivity contribution in [2.75, 3.05) is 26.1 Å². The zero-order chi connectivity index (χ0) is 21.8. The van der Waals surface area contributed by atoms with Crippen LogP contribution in [0.1, 0.15) is 45.7 Å². The van der Waals surface area contributed by atoms with Gasteiger partial charge in [0.2, 0.25) is 5.91 Å². The van der Waals surface area contributed by atoms with Crippen LogP contribution < -0.4 is 9.47 Å². The minimum Gasteiger partial charge on any atom is -0.493 e. The molecule has 2 aliphatic rings. The maximum absolute atomic E-state index is 12.8. The number of allylic oxidation sites excluding steroid dienone is 1. The van der Waals surface area contributed by atoms with Crippen LogP contribution in [0.3, 0.4) is 0 Å². The third-order valence-electron chi connectivity index (χ3n) is 4.78. The Morgan fingerprint density at radius 2 is 2.10 bits per heavy atom. The molecule has 2 heterocycles. The molecular weight excluding hydrogens is 404 g/mol. The van der Waals surface area contributed by atoms with Gasteiger partial charge in [-0.15, -0.1) is 0 Å². The normalized spacial score (nSPS) is 18.9. The first-order valence-corrected chi connectivity index (χ1v) is 11.1. The van der Waals surface area contributed by atoms with E-state index >= 15 is 0 Å². The summed E-state index contributed by atoms with van der Waals surface area (Å²) in [6.45, 7) is 8.48. The van der Waals surface area contributed by atoms with Crippen LogP contribution in [0.15, 0.2) is 34.5 Å². The van der Waals surface area contributed by atoms with Gasteiger partial charge < -0.3 is 14.2 Å². The summed E-state index contributed by atoms with van der Waals surface area (Å²) in [5, 5.41) is 0.612. The molecule has 1 atom stereocenters. The molecular formula is C22H28N2O5S. The minimum atomic E-state index is -0.620. The first-order valence-electron chi connectivity index (χ1n) is 10.1. The summed E-state index contributed by atoms with van der Waals surface area (Å²) in [4.78, 5) is 31.8. The van der Waals surface area contributed by atoms with E-state index in [1.807, 2.05) is 18.2 Å². The molecule has 1 saturated heterocycles. The molecule has 0 bridgehead atoms. The van der Waals surface area contributed by atoms with Crippen LogP contribution in [0.2, 0.25) is 0 Å². The number of fused-ring (bicyclic) bond motifs is 1. The highest BCUT2D eigenvalue weighted by Gasteiger charge is 2.41. The fourth-order valence-corrected chi connectivity index (χ4v) is 4.42. The molecule has 30 heavy (non-hydrogen) atoms. The van der Waals surface area contributed by atoms with Crippen molar-refractivity contribution in [3.8, 4) is 11.5 Å². The molecule has 8 heteroatoms. The van der Waals surface area contributed by atoms with Crippen LogP contribution in [0.25, 0.3) is 0 Å². The van der Waals surface area contributed by atoms with E-state index in [4.69, 9.17) is 14.2 Å². The summed E-state index contributed by atoms with van der Waals surface area (Å²) in [6, 6.07) is 4.89. The van der Waals surface area contributed by atoms with Crippen molar-refractivity contribution in [1.29, 1.82) is 0 Å². The van der Waals surface area contributed by atoms with Crippen LogP contribution in [0.5, 0.6) is 11.5 Å². The number of benzene rings is 1. The fourth-order valence-electron chi connectivity index (χ4n) is 3.41. The first-order chi connectivity index (χ1) is 14.4. The predicted molar refractivity (Wildman–Crippen MR) is 117 cm³/mol. The van der Waals surface area contributed by atoms with Crippen molar-refractivity contribution in [1.82, 2.24) is 4.90 Å². The molecule has 0 spiro atoms. The summed E-state index contributed by atoms with van der Waals surface area (Å²) >= 11 is 1.52. The third-order valence-corrected chi connectivity index (χ3v) is 5.73. The second-order valence-corrected chi connectivity index (χ2v) is 8.56. The number of hydrogen-bond donors (Lipinski definition) is 0. The number of nitrogens with zero attached hydrogens (tertiary/aromatic N) is 2. The van der Waals surface area contributed by atoms with Gasteiger partial charge >= 0.3 is 5.97 Å². The Balaban J connectivity index is 2.08. The quantitative estimate of drug-likeness (QED) is 0.608. The Bertz CT molecular complexity index is 894. The second-order valence-electron chi connectivity index (χ2n) is 7.49. The van der Waals surface area contributed by atoms with Gasteiger partial charge in [0.1, 0.15) is 0 Å². The van der Waals surface area contributed by atoms with Gasteiger partial charge in [0.05, 0.1) is 37.6 Å². The SMILES string of the molecule is CCOC(=O)C1=C(C)N=C2SCCC(=O)N2C1c1ccc(OCC(C)C)c(OC)c1. The van der Waals surface area contributed by atoms with E-state index in [1.54, 1.807) is 25.9 Å². The van der Waals surface area contributed by atoms with Crippen LogP contribution >= 0.6 is 11.8 Å². The summed E-state index contributed by atoms with van der Waals surface area (Å²) in [7, 11) is 1.57. The Kier molecular flexibility index (Phi) is 7.07. The van der Waals surface area contributed by atoms with Gasteiger partial charge in [0, 0.05) is 12.2 Å². The lowest BCUT2D eigenvalue weighted by Crippen LogP contribution is -2.45. The van der Waals surface area contributed by atoms with E-state index in [1.165, 1.54) is 11.8 Å². The highest BCUT2D eigenvalue weighted by molar-refractivity contribution is 8.14. The van der Waals surface area contributed by atoms with Gasteiger partial charge in [-0.1, -0.05) is 31.7 Å². The highest BCUT2D eigenvalue weighted by Crippen LogP contribution is 2.42. The molecule has 0 radical (unpaired) electrons. The van der Waals surface area contributed by atoms with Crippen LogP contribution in [0.4, 0.5) is 0 Å². The van der Waals surface area contributed by atoms with E-state index in [-0.39, 0.29) is 12.5 Å². The molecule has 1 amide bonds. The smallest absolute Gasteiger partial charge is 0.338 e. The molecule has 1 aromatic carbocycles. The zero-order valence-corrected chi connectivity index (χ0v) is 18.9. The zero-order valence-electron chi connectivity index (χ0n) is 18.1. The van der Waals surface area contributed by atoms with Gasteiger partial charge in [-0.3, -0.25) is 9.69 Å². The Morgan fingerprint density at radius 3 is 2.77 bits per heavy atom. The van der Waals surface area contributed by atoms with Crippen molar-refractivity contribution in [3.05, 3.63) is 35.0 Å². The lowest BCUT2D eigenvalue weighted by atomic mass is 9.94. The van der Waals surface area contributed by atoms with E-state index in [9.17, 15) is 9.59 Å². The number of amidine groups is 1.